The third kappa shape index (κ3) is 6.52. The lowest BCUT2D eigenvalue weighted by Gasteiger charge is -2.26. The number of esters is 1. The predicted octanol–water partition coefficient (Wildman–Crippen LogP) is 3.49. The molecule has 0 spiro atoms. The van der Waals surface area contributed by atoms with Crippen LogP contribution < -0.4 is 4.74 Å². The Labute approximate surface area is 198 Å². The second-order valence-electron chi connectivity index (χ2n) is 8.06. The molecule has 176 valence electrons. The zero-order valence-electron chi connectivity index (χ0n) is 18.2. The van der Waals surface area contributed by atoms with Gasteiger partial charge >= 0.3 is 5.97 Å². The smallest absolute Gasteiger partial charge is 0.348 e. The Balaban J connectivity index is 1.27. The van der Waals surface area contributed by atoms with Crippen molar-refractivity contribution in [2.45, 2.75) is 18.3 Å². The average molecular weight is 490 g/mol. The molecule has 4 rings (SSSR count). The maximum absolute atomic E-state index is 12.5. The van der Waals surface area contributed by atoms with Gasteiger partial charge in [-0.25, -0.2) is 13.2 Å². The number of sulfone groups is 1. The molecule has 0 saturated carbocycles. The first kappa shape index (κ1) is 23.7. The second-order valence-corrected chi connectivity index (χ2v) is 11.3. The van der Waals surface area contributed by atoms with E-state index in [-0.39, 0.29) is 28.6 Å². The van der Waals surface area contributed by atoms with Crippen LogP contribution in [0.3, 0.4) is 0 Å². The van der Waals surface area contributed by atoms with Gasteiger partial charge in [0, 0.05) is 31.8 Å². The van der Waals surface area contributed by atoms with Crippen LogP contribution in [0.25, 0.3) is 0 Å². The number of carbonyl (C=O) groups is 1. The van der Waals surface area contributed by atoms with Crippen LogP contribution in [-0.2, 0) is 25.1 Å². The average Bonchev–Trinajstić information content (AvgIpc) is 2.81. The van der Waals surface area contributed by atoms with Crippen molar-refractivity contribution in [1.82, 2.24) is 4.90 Å². The number of thioether (sulfide) groups is 1. The summed E-state index contributed by atoms with van der Waals surface area (Å²) in [6.45, 7) is 2.21. The molecule has 2 aromatic rings. The molecule has 1 atom stereocenters. The summed E-state index contributed by atoms with van der Waals surface area (Å²) in [6, 6.07) is 17.0. The summed E-state index contributed by atoms with van der Waals surface area (Å²) in [4.78, 5) is 14.8. The normalized spacial score (nSPS) is 21.0. The molecular weight excluding hydrogens is 462 g/mol. The van der Waals surface area contributed by atoms with E-state index in [1.165, 1.54) is 11.8 Å². The second kappa shape index (κ2) is 10.6. The zero-order valence-corrected chi connectivity index (χ0v) is 19.8. The van der Waals surface area contributed by atoms with Gasteiger partial charge in [0.1, 0.15) is 29.1 Å². The van der Waals surface area contributed by atoms with Crippen molar-refractivity contribution >= 4 is 27.6 Å². The first-order valence-corrected chi connectivity index (χ1v) is 13.7. The van der Waals surface area contributed by atoms with Gasteiger partial charge in [-0.3, -0.25) is 4.90 Å². The fourth-order valence-electron chi connectivity index (χ4n) is 3.71. The van der Waals surface area contributed by atoms with Crippen LogP contribution in [0.15, 0.2) is 65.3 Å². The number of nitrogens with zero attached hydrogens (tertiary/aromatic N) is 1. The molecule has 2 heterocycles. The van der Waals surface area contributed by atoms with Gasteiger partial charge in [-0.15, -0.1) is 11.8 Å². The predicted molar refractivity (Wildman–Crippen MR) is 128 cm³/mol. The minimum Gasteiger partial charge on any atom is -0.511 e. The zero-order chi connectivity index (χ0) is 23.3. The molecule has 33 heavy (non-hydrogen) atoms. The van der Waals surface area contributed by atoms with Crippen molar-refractivity contribution in [2.75, 3.05) is 37.7 Å². The number of hydrogen-bond acceptors (Lipinski definition) is 8. The number of aliphatic hydroxyl groups excluding tert-OH is 1. The molecular formula is C24H27NO6S2. The molecule has 0 bridgehead atoms. The Morgan fingerprint density at radius 3 is 2.42 bits per heavy atom. The molecule has 7 nitrogen and oxygen atoms in total. The van der Waals surface area contributed by atoms with E-state index in [2.05, 4.69) is 4.90 Å². The van der Waals surface area contributed by atoms with Crippen molar-refractivity contribution < 1.29 is 27.8 Å². The number of cyclic esters (lactones) is 1. The molecule has 9 heteroatoms. The first-order valence-electron chi connectivity index (χ1n) is 10.8. The van der Waals surface area contributed by atoms with Gasteiger partial charge < -0.3 is 14.6 Å². The number of aliphatic hydroxyl groups is 1. The van der Waals surface area contributed by atoms with Crippen molar-refractivity contribution in [2.24, 2.45) is 0 Å². The van der Waals surface area contributed by atoms with E-state index >= 15 is 0 Å². The van der Waals surface area contributed by atoms with E-state index in [0.717, 1.165) is 11.1 Å². The Bertz CT molecular complexity index is 1090. The molecule has 2 aromatic carbocycles. The van der Waals surface area contributed by atoms with Crippen LogP contribution in [0.1, 0.15) is 23.7 Å². The number of rotatable bonds is 8. The summed E-state index contributed by atoms with van der Waals surface area (Å²) in [5.41, 5.74) is 1.86. The molecule has 0 aliphatic carbocycles. The minimum atomic E-state index is -2.88. The SMILES string of the molecule is O=C1OC(c2ccc(OCCN3CCS(=O)(=O)CC3)cc2)CC(O)=C1SCc1ccccc1. The van der Waals surface area contributed by atoms with Gasteiger partial charge in [-0.05, 0) is 23.3 Å². The summed E-state index contributed by atoms with van der Waals surface area (Å²) < 4.78 is 34.4. The molecule has 1 saturated heterocycles. The summed E-state index contributed by atoms with van der Waals surface area (Å²) in [6.07, 6.45) is -0.302. The molecule has 1 N–H and O–H groups in total. The summed E-state index contributed by atoms with van der Waals surface area (Å²) in [7, 11) is -2.88. The number of hydrogen-bond donors (Lipinski definition) is 1. The highest BCUT2D eigenvalue weighted by molar-refractivity contribution is 8.03. The fourth-order valence-corrected chi connectivity index (χ4v) is 5.91. The van der Waals surface area contributed by atoms with Crippen LogP contribution in [0.2, 0.25) is 0 Å². The van der Waals surface area contributed by atoms with E-state index in [4.69, 9.17) is 9.47 Å². The number of benzene rings is 2. The van der Waals surface area contributed by atoms with Crippen molar-refractivity contribution in [3.63, 3.8) is 0 Å². The lowest BCUT2D eigenvalue weighted by molar-refractivity contribution is -0.146. The fraction of sp³-hybridized carbons (Fsp3) is 0.375. The highest BCUT2D eigenvalue weighted by atomic mass is 32.2. The highest BCUT2D eigenvalue weighted by Gasteiger charge is 2.30. The van der Waals surface area contributed by atoms with Crippen molar-refractivity contribution in [1.29, 1.82) is 0 Å². The van der Waals surface area contributed by atoms with Crippen LogP contribution in [-0.4, -0.2) is 62.1 Å². The maximum Gasteiger partial charge on any atom is 0.348 e. The van der Waals surface area contributed by atoms with Crippen LogP contribution in [0.4, 0.5) is 0 Å². The van der Waals surface area contributed by atoms with Gasteiger partial charge in [0.05, 0.1) is 11.5 Å². The Morgan fingerprint density at radius 1 is 1.06 bits per heavy atom. The highest BCUT2D eigenvalue weighted by Crippen LogP contribution is 2.37. The Kier molecular flexibility index (Phi) is 7.62. The van der Waals surface area contributed by atoms with Crippen molar-refractivity contribution in [3.05, 3.63) is 76.4 Å². The summed E-state index contributed by atoms with van der Waals surface area (Å²) in [5.74, 6) is 1.23. The molecule has 0 amide bonds. The third-order valence-electron chi connectivity index (χ3n) is 5.67. The summed E-state index contributed by atoms with van der Waals surface area (Å²) >= 11 is 1.28. The van der Waals surface area contributed by atoms with E-state index in [9.17, 15) is 18.3 Å². The van der Waals surface area contributed by atoms with E-state index in [1.54, 1.807) is 0 Å². The van der Waals surface area contributed by atoms with E-state index < -0.39 is 21.9 Å². The Morgan fingerprint density at radius 2 is 1.76 bits per heavy atom. The Hall–Kier alpha value is -2.49. The van der Waals surface area contributed by atoms with E-state index in [0.29, 0.717) is 37.7 Å². The van der Waals surface area contributed by atoms with Gasteiger partial charge in [0.2, 0.25) is 0 Å². The standard InChI is InChI=1S/C24H27NO6S2/c26-21-16-22(31-24(27)23(21)32-17-18-4-2-1-3-5-18)19-6-8-20(9-7-19)30-13-10-25-11-14-33(28,29)15-12-25/h1-9,22,26H,10-17H2. The molecule has 1 fully saturated rings. The van der Waals surface area contributed by atoms with Crippen LogP contribution >= 0.6 is 11.8 Å². The summed E-state index contributed by atoms with van der Waals surface area (Å²) in [5, 5.41) is 10.5. The lowest BCUT2D eigenvalue weighted by Crippen LogP contribution is -2.42. The molecule has 0 aromatic heterocycles. The van der Waals surface area contributed by atoms with Crippen molar-refractivity contribution in [3.8, 4) is 5.75 Å². The van der Waals surface area contributed by atoms with Gasteiger partial charge in [0.25, 0.3) is 0 Å². The lowest BCUT2D eigenvalue weighted by atomic mass is 10.0. The first-order chi connectivity index (χ1) is 15.9. The maximum atomic E-state index is 12.5. The minimum absolute atomic E-state index is 0.0565. The van der Waals surface area contributed by atoms with E-state index in [1.807, 2.05) is 54.6 Å². The van der Waals surface area contributed by atoms with Crippen LogP contribution in [0.5, 0.6) is 5.75 Å². The largest absolute Gasteiger partial charge is 0.511 e. The van der Waals surface area contributed by atoms with Gasteiger partial charge in [-0.1, -0.05) is 42.5 Å². The number of ether oxygens (including phenoxy) is 2. The molecule has 2 aliphatic rings. The number of carbonyl (C=O) groups excluding carboxylic acids is 1. The molecule has 1 unspecified atom stereocenters. The van der Waals surface area contributed by atoms with Gasteiger partial charge in [0.15, 0.2) is 9.84 Å². The molecule has 2 aliphatic heterocycles. The monoisotopic (exact) mass is 489 g/mol. The third-order valence-corrected chi connectivity index (χ3v) is 8.44. The molecule has 0 radical (unpaired) electrons. The van der Waals surface area contributed by atoms with Crippen LogP contribution in [0, 0.1) is 0 Å². The van der Waals surface area contributed by atoms with Gasteiger partial charge in [-0.2, -0.15) is 0 Å². The quantitative estimate of drug-likeness (QED) is 0.564. The topological polar surface area (TPSA) is 93.1 Å².